The summed E-state index contributed by atoms with van der Waals surface area (Å²) in [6, 6.07) is 7.50. The second-order valence-electron chi connectivity index (χ2n) is 8.54. The van der Waals surface area contributed by atoms with E-state index in [2.05, 4.69) is 24.6 Å². The molecule has 6 rings (SSSR count). The molecular weight excluding hydrogens is 490 g/mol. The lowest BCUT2D eigenvalue weighted by Crippen LogP contribution is -2.24. The Morgan fingerprint density at radius 3 is 2.81 bits per heavy atom. The molecule has 0 spiro atoms. The highest BCUT2D eigenvalue weighted by Crippen LogP contribution is 2.38. The van der Waals surface area contributed by atoms with E-state index in [1.807, 2.05) is 4.90 Å². The molecular formula is C25H17F4N7O. The first-order valence-corrected chi connectivity index (χ1v) is 11.3. The third-order valence-electron chi connectivity index (χ3n) is 6.37. The van der Waals surface area contributed by atoms with Crippen LogP contribution >= 0.6 is 0 Å². The molecule has 0 aliphatic carbocycles. The van der Waals surface area contributed by atoms with E-state index in [1.54, 1.807) is 23.0 Å². The van der Waals surface area contributed by atoms with Crippen LogP contribution in [0, 0.1) is 18.2 Å². The van der Waals surface area contributed by atoms with E-state index in [0.29, 0.717) is 46.9 Å². The minimum atomic E-state index is -3.08. The highest BCUT2D eigenvalue weighted by molar-refractivity contribution is 5.87. The molecule has 0 saturated carbocycles. The van der Waals surface area contributed by atoms with Gasteiger partial charge in [-0.1, -0.05) is 0 Å². The maximum atomic E-state index is 14.5. The maximum Gasteiger partial charge on any atom is 0.386 e. The molecule has 5 aromatic rings. The number of aromatic amines is 1. The second-order valence-corrected chi connectivity index (χ2v) is 8.54. The van der Waals surface area contributed by atoms with Crippen molar-refractivity contribution >= 4 is 28.2 Å². The smallest absolute Gasteiger partial charge is 0.386 e. The lowest BCUT2D eigenvalue weighted by atomic mass is 10.0. The van der Waals surface area contributed by atoms with E-state index in [0.717, 1.165) is 18.6 Å². The summed E-state index contributed by atoms with van der Waals surface area (Å²) in [6.07, 6.45) is 4.71. The summed E-state index contributed by atoms with van der Waals surface area (Å²) < 4.78 is 60.0. The van der Waals surface area contributed by atoms with Crippen molar-refractivity contribution in [2.75, 3.05) is 11.4 Å². The van der Waals surface area contributed by atoms with Crippen LogP contribution in [0.25, 0.3) is 32.9 Å². The molecule has 1 aliphatic heterocycles. The molecule has 0 unspecified atom stereocenters. The van der Waals surface area contributed by atoms with E-state index >= 15 is 0 Å². The van der Waals surface area contributed by atoms with E-state index in [9.17, 15) is 17.6 Å². The molecule has 0 amide bonds. The average molecular weight is 507 g/mol. The van der Waals surface area contributed by atoms with Gasteiger partial charge in [-0.25, -0.2) is 28.1 Å². The number of ether oxygens (including phenoxy) is 1. The van der Waals surface area contributed by atoms with Gasteiger partial charge >= 0.3 is 6.61 Å². The van der Waals surface area contributed by atoms with Gasteiger partial charge in [-0.2, -0.15) is 13.9 Å². The molecule has 2 aromatic carbocycles. The molecule has 0 radical (unpaired) electrons. The Morgan fingerprint density at radius 1 is 1.14 bits per heavy atom. The van der Waals surface area contributed by atoms with Gasteiger partial charge in [0, 0.05) is 18.3 Å². The number of alkyl halides is 2. The monoisotopic (exact) mass is 507 g/mol. The first-order chi connectivity index (χ1) is 17.9. The van der Waals surface area contributed by atoms with Crippen molar-refractivity contribution in [2.45, 2.75) is 25.5 Å². The number of nitrogens with zero attached hydrogens (tertiary/aromatic N) is 6. The number of benzene rings is 2. The number of halogens is 4. The number of imidazole rings is 1. The normalized spacial score (nSPS) is 15.7. The minimum Gasteiger partial charge on any atom is -0.447 e. The topological polar surface area (TPSA) is 75.7 Å². The standard InChI is InChI=1S/C25H17F4N7O/c1-30-19-10-17-18(11-21(19)37-25(28)29)33-23(32-17)15-12-31-36-8-6-22(34-24(15)36)35-7-2-3-20(35)14-9-13(26)4-5-16(14)27/h4-6,8-12,20,25H,2-3,7H2,(H,32,33)/t20-/m1/s1. The summed E-state index contributed by atoms with van der Waals surface area (Å²) in [5, 5.41) is 4.32. The molecule has 12 heteroatoms. The Kier molecular flexibility index (Phi) is 5.40. The predicted octanol–water partition coefficient (Wildman–Crippen LogP) is 6.04. The molecule has 1 saturated heterocycles. The summed E-state index contributed by atoms with van der Waals surface area (Å²) in [5.41, 5.74) is 1.98. The van der Waals surface area contributed by atoms with E-state index in [1.165, 1.54) is 18.2 Å². The molecule has 1 fully saturated rings. The van der Waals surface area contributed by atoms with Gasteiger partial charge < -0.3 is 14.6 Å². The van der Waals surface area contributed by atoms with Crippen LogP contribution < -0.4 is 9.64 Å². The third kappa shape index (κ3) is 3.98. The van der Waals surface area contributed by atoms with Gasteiger partial charge in [0.1, 0.15) is 29.0 Å². The lowest BCUT2D eigenvalue weighted by molar-refractivity contribution is -0.0491. The van der Waals surface area contributed by atoms with Gasteiger partial charge in [-0.15, -0.1) is 0 Å². The summed E-state index contributed by atoms with van der Waals surface area (Å²) in [6.45, 7) is 4.80. The summed E-state index contributed by atoms with van der Waals surface area (Å²) >= 11 is 0. The molecule has 1 aliphatic rings. The Hall–Kier alpha value is -4.66. The van der Waals surface area contributed by atoms with E-state index in [4.69, 9.17) is 11.6 Å². The highest BCUT2D eigenvalue weighted by atomic mass is 19.3. The fourth-order valence-electron chi connectivity index (χ4n) is 4.75. The van der Waals surface area contributed by atoms with Crippen LogP contribution in [-0.4, -0.2) is 37.7 Å². The van der Waals surface area contributed by atoms with Crippen molar-refractivity contribution < 1.29 is 22.3 Å². The summed E-state index contributed by atoms with van der Waals surface area (Å²) in [7, 11) is 0. The van der Waals surface area contributed by atoms with Crippen LogP contribution in [0.15, 0.2) is 48.8 Å². The molecule has 37 heavy (non-hydrogen) atoms. The van der Waals surface area contributed by atoms with Crippen LogP contribution in [0.3, 0.4) is 0 Å². The Labute approximate surface area is 207 Å². The first kappa shape index (κ1) is 22.8. The van der Waals surface area contributed by atoms with Crippen molar-refractivity contribution in [1.82, 2.24) is 24.6 Å². The zero-order chi connectivity index (χ0) is 25.7. The third-order valence-corrected chi connectivity index (χ3v) is 6.37. The van der Waals surface area contributed by atoms with Crippen molar-refractivity contribution in [3.63, 3.8) is 0 Å². The molecule has 8 nitrogen and oxygen atoms in total. The van der Waals surface area contributed by atoms with Gasteiger partial charge in [0.15, 0.2) is 5.65 Å². The van der Waals surface area contributed by atoms with Gasteiger partial charge in [-0.3, -0.25) is 0 Å². The number of fused-ring (bicyclic) bond motifs is 2. The fraction of sp³-hybridized carbons (Fsp3) is 0.200. The van der Waals surface area contributed by atoms with Crippen molar-refractivity contribution in [2.24, 2.45) is 0 Å². The largest absolute Gasteiger partial charge is 0.447 e. The van der Waals surface area contributed by atoms with Gasteiger partial charge in [0.25, 0.3) is 0 Å². The number of anilines is 1. The zero-order valence-electron chi connectivity index (χ0n) is 19.0. The number of H-pyrrole nitrogens is 1. The number of hydrogen-bond acceptors (Lipinski definition) is 5. The zero-order valence-corrected chi connectivity index (χ0v) is 19.0. The molecule has 1 N–H and O–H groups in total. The van der Waals surface area contributed by atoms with Crippen molar-refractivity contribution in [3.8, 4) is 17.1 Å². The molecule has 186 valence electrons. The molecule has 3 aromatic heterocycles. The molecule has 0 bridgehead atoms. The molecule has 1 atom stereocenters. The van der Waals surface area contributed by atoms with Crippen LogP contribution in [-0.2, 0) is 0 Å². The fourth-order valence-corrected chi connectivity index (χ4v) is 4.75. The number of aromatic nitrogens is 5. The predicted molar refractivity (Wildman–Crippen MR) is 127 cm³/mol. The van der Waals surface area contributed by atoms with Crippen molar-refractivity contribution in [3.05, 3.63) is 77.4 Å². The maximum absolute atomic E-state index is 14.5. The Morgan fingerprint density at radius 2 is 2.00 bits per heavy atom. The first-order valence-electron chi connectivity index (χ1n) is 11.3. The SMILES string of the molecule is [C-]#[N+]c1cc2[nH]c(-c3cnn4ccc(N5CCC[C@@H]5c5cc(F)ccc5F)nc34)nc2cc1OC(F)F. The van der Waals surface area contributed by atoms with Crippen molar-refractivity contribution in [1.29, 1.82) is 0 Å². The number of nitrogens with one attached hydrogen (secondary N) is 1. The van der Waals surface area contributed by atoms with Gasteiger partial charge in [0.05, 0.1) is 35.4 Å². The number of hydrogen-bond donors (Lipinski definition) is 1. The van der Waals surface area contributed by atoms with Crippen LogP contribution in [0.5, 0.6) is 5.75 Å². The minimum absolute atomic E-state index is 0.0760. The average Bonchev–Trinajstić information content (AvgIpc) is 3.61. The van der Waals surface area contributed by atoms with Crippen LogP contribution in [0.1, 0.15) is 24.4 Å². The van der Waals surface area contributed by atoms with E-state index in [-0.39, 0.29) is 23.0 Å². The van der Waals surface area contributed by atoms with Gasteiger partial charge in [-0.05, 0) is 49.2 Å². The Bertz CT molecular complexity index is 1690. The Balaban J connectivity index is 1.40. The van der Waals surface area contributed by atoms with Gasteiger partial charge in [0.2, 0.25) is 5.69 Å². The van der Waals surface area contributed by atoms with E-state index < -0.39 is 18.2 Å². The quantitative estimate of drug-likeness (QED) is 0.232. The second kappa shape index (κ2) is 8.77. The summed E-state index contributed by atoms with van der Waals surface area (Å²) in [4.78, 5) is 17.5. The number of rotatable bonds is 5. The lowest BCUT2D eigenvalue weighted by Gasteiger charge is -2.26. The van der Waals surface area contributed by atoms with Crippen LogP contribution in [0.2, 0.25) is 0 Å². The summed E-state index contributed by atoms with van der Waals surface area (Å²) in [5.74, 6) is -0.299. The molecule has 4 heterocycles. The van der Waals surface area contributed by atoms with Crippen LogP contribution in [0.4, 0.5) is 29.1 Å². The highest BCUT2D eigenvalue weighted by Gasteiger charge is 2.30.